The van der Waals surface area contributed by atoms with Crippen LogP contribution in [0.25, 0.3) is 33.5 Å². The summed E-state index contributed by atoms with van der Waals surface area (Å²) in [5.74, 6) is -0.784. The van der Waals surface area contributed by atoms with E-state index in [1.54, 1.807) is 6.07 Å². The number of hydrogen-bond acceptors (Lipinski definition) is 6. The average molecular weight is 456 g/mol. The maximum atomic E-state index is 11.8. The summed E-state index contributed by atoms with van der Waals surface area (Å²) in [6.07, 6.45) is 1.49. The number of fused-ring (bicyclic) bond motifs is 1. The zero-order valence-corrected chi connectivity index (χ0v) is 18.2. The summed E-state index contributed by atoms with van der Waals surface area (Å²) >= 11 is 0. The quantitative estimate of drug-likeness (QED) is 0.376. The molecule has 0 bridgehead atoms. The number of nitrogens with zero attached hydrogens (tertiary/aromatic N) is 3. The molecule has 0 unspecified atom stereocenters. The van der Waals surface area contributed by atoms with Gasteiger partial charge in [0.15, 0.2) is 11.7 Å². The zero-order valence-electron chi connectivity index (χ0n) is 18.2. The second kappa shape index (κ2) is 8.70. The molecule has 9 nitrogen and oxygen atoms in total. The highest BCUT2D eigenvalue weighted by Gasteiger charge is 2.18. The van der Waals surface area contributed by atoms with Gasteiger partial charge in [0.05, 0.1) is 29.7 Å². The summed E-state index contributed by atoms with van der Waals surface area (Å²) in [5.41, 5.74) is 4.76. The van der Waals surface area contributed by atoms with Crippen molar-refractivity contribution in [3.8, 4) is 28.4 Å². The molecule has 0 saturated carbocycles. The standard InChI is InChI=1S/C25H20N4O5/c1-2-33-21-13-20-22(19(24(30)31)11-12-26-20)29(21)14-15-7-9-16(10-8-15)17-5-3-4-6-18(17)23-27-25(32)34-28-23/h3-13H,2,14H2,1H3,(H,30,31)(H,27,28,32). The minimum atomic E-state index is -1.02. The number of aromatic nitrogens is 4. The fourth-order valence-electron chi connectivity index (χ4n) is 4.02. The summed E-state index contributed by atoms with van der Waals surface area (Å²) in [6.45, 7) is 2.73. The van der Waals surface area contributed by atoms with E-state index in [0.29, 0.717) is 35.9 Å². The number of H-pyrrole nitrogens is 1. The van der Waals surface area contributed by atoms with E-state index in [1.165, 1.54) is 12.3 Å². The van der Waals surface area contributed by atoms with Gasteiger partial charge in [0.25, 0.3) is 0 Å². The van der Waals surface area contributed by atoms with Crippen molar-refractivity contribution in [3.63, 3.8) is 0 Å². The molecule has 34 heavy (non-hydrogen) atoms. The van der Waals surface area contributed by atoms with Crippen LogP contribution in [-0.4, -0.2) is 37.4 Å². The number of benzene rings is 2. The molecule has 2 aromatic carbocycles. The molecule has 0 saturated heterocycles. The minimum Gasteiger partial charge on any atom is -0.479 e. The molecule has 2 N–H and O–H groups in total. The number of aromatic carboxylic acids is 1. The molecule has 0 radical (unpaired) electrons. The molecule has 0 aliphatic heterocycles. The number of carboxylic acid groups (broad SMARTS) is 1. The van der Waals surface area contributed by atoms with E-state index in [4.69, 9.17) is 9.26 Å². The highest BCUT2D eigenvalue weighted by Crippen LogP contribution is 2.31. The molecule has 0 aliphatic rings. The van der Waals surface area contributed by atoms with Gasteiger partial charge in [0, 0.05) is 17.8 Å². The third kappa shape index (κ3) is 3.83. The minimum absolute atomic E-state index is 0.170. The molecular weight excluding hydrogens is 436 g/mol. The van der Waals surface area contributed by atoms with Crippen molar-refractivity contribution in [2.45, 2.75) is 13.5 Å². The van der Waals surface area contributed by atoms with Crippen LogP contribution in [0.4, 0.5) is 0 Å². The lowest BCUT2D eigenvalue weighted by Gasteiger charge is -2.13. The van der Waals surface area contributed by atoms with Gasteiger partial charge >= 0.3 is 11.7 Å². The Bertz CT molecular complexity index is 1550. The predicted molar refractivity (Wildman–Crippen MR) is 125 cm³/mol. The lowest BCUT2D eigenvalue weighted by atomic mass is 9.98. The molecule has 170 valence electrons. The number of pyridine rings is 1. The largest absolute Gasteiger partial charge is 0.479 e. The first kappa shape index (κ1) is 21.2. The summed E-state index contributed by atoms with van der Waals surface area (Å²) in [7, 11) is 0. The summed E-state index contributed by atoms with van der Waals surface area (Å²) in [6, 6.07) is 18.7. The van der Waals surface area contributed by atoms with Gasteiger partial charge in [-0.3, -0.25) is 4.98 Å². The lowest BCUT2D eigenvalue weighted by Crippen LogP contribution is -2.07. The SMILES string of the molecule is CCOc1cc2nccc(C(=O)O)c2n1Cc1ccc(-c2ccccc2-c2nc(=O)o[nH]2)cc1. The van der Waals surface area contributed by atoms with Crippen LogP contribution in [0, 0.1) is 0 Å². The summed E-state index contributed by atoms with van der Waals surface area (Å²) in [4.78, 5) is 31.4. The van der Waals surface area contributed by atoms with Gasteiger partial charge in [-0.2, -0.15) is 10.1 Å². The Morgan fingerprint density at radius 2 is 1.88 bits per heavy atom. The fourth-order valence-corrected chi connectivity index (χ4v) is 4.02. The van der Waals surface area contributed by atoms with E-state index in [-0.39, 0.29) is 5.56 Å². The Kier molecular flexibility index (Phi) is 5.43. The van der Waals surface area contributed by atoms with Gasteiger partial charge in [-0.15, -0.1) is 0 Å². The topological polar surface area (TPSA) is 123 Å². The van der Waals surface area contributed by atoms with Gasteiger partial charge < -0.3 is 18.9 Å². The molecule has 0 fully saturated rings. The van der Waals surface area contributed by atoms with Crippen LogP contribution in [0.15, 0.2) is 76.2 Å². The van der Waals surface area contributed by atoms with E-state index in [9.17, 15) is 14.7 Å². The van der Waals surface area contributed by atoms with Gasteiger partial charge in [-0.25, -0.2) is 9.59 Å². The molecule has 0 atom stereocenters. The molecule has 3 aromatic heterocycles. The molecule has 3 heterocycles. The normalized spacial score (nSPS) is 11.1. The summed E-state index contributed by atoms with van der Waals surface area (Å²) in [5, 5.41) is 12.2. The second-order valence-electron chi connectivity index (χ2n) is 7.57. The zero-order chi connectivity index (χ0) is 23.7. The van der Waals surface area contributed by atoms with Crippen molar-refractivity contribution in [2.75, 3.05) is 6.61 Å². The average Bonchev–Trinajstić information content (AvgIpc) is 3.43. The Morgan fingerprint density at radius 1 is 1.12 bits per heavy atom. The van der Waals surface area contributed by atoms with Crippen molar-refractivity contribution < 1.29 is 19.2 Å². The van der Waals surface area contributed by atoms with Gasteiger partial charge in [-0.1, -0.05) is 48.5 Å². The molecule has 9 heteroatoms. The lowest BCUT2D eigenvalue weighted by molar-refractivity contribution is 0.0698. The Morgan fingerprint density at radius 3 is 2.56 bits per heavy atom. The van der Waals surface area contributed by atoms with Crippen LogP contribution in [0.2, 0.25) is 0 Å². The van der Waals surface area contributed by atoms with Gasteiger partial charge in [0.2, 0.25) is 0 Å². The molecular formula is C25H20N4O5. The number of rotatable bonds is 7. The van der Waals surface area contributed by atoms with Crippen molar-refractivity contribution >= 4 is 17.0 Å². The third-order valence-corrected chi connectivity index (χ3v) is 5.50. The van der Waals surface area contributed by atoms with E-state index in [0.717, 1.165) is 22.3 Å². The van der Waals surface area contributed by atoms with E-state index in [2.05, 4.69) is 15.1 Å². The predicted octanol–water partition coefficient (Wildman–Crippen LogP) is 4.19. The first-order chi connectivity index (χ1) is 16.5. The number of nitrogens with one attached hydrogen (secondary N) is 1. The van der Waals surface area contributed by atoms with Crippen LogP contribution in [0.1, 0.15) is 22.8 Å². The van der Waals surface area contributed by atoms with E-state index in [1.807, 2.05) is 60.0 Å². The smallest absolute Gasteiger partial charge is 0.460 e. The van der Waals surface area contributed by atoms with Gasteiger partial charge in [-0.05, 0) is 29.7 Å². The van der Waals surface area contributed by atoms with Crippen molar-refractivity contribution in [2.24, 2.45) is 0 Å². The number of hydrogen-bond donors (Lipinski definition) is 2. The van der Waals surface area contributed by atoms with Gasteiger partial charge in [0.1, 0.15) is 0 Å². The first-order valence-corrected chi connectivity index (χ1v) is 10.6. The Labute approximate surface area is 193 Å². The molecule has 0 amide bonds. The number of ether oxygens (including phenoxy) is 1. The highest BCUT2D eigenvalue weighted by molar-refractivity contribution is 6.01. The van der Waals surface area contributed by atoms with Crippen molar-refractivity contribution in [3.05, 3.63) is 88.5 Å². The van der Waals surface area contributed by atoms with Crippen molar-refractivity contribution in [1.82, 2.24) is 19.7 Å². The molecule has 0 aliphatic carbocycles. The van der Waals surface area contributed by atoms with E-state index >= 15 is 0 Å². The maximum Gasteiger partial charge on any atom is 0.460 e. The molecule has 5 rings (SSSR count). The van der Waals surface area contributed by atoms with Crippen LogP contribution >= 0.6 is 0 Å². The summed E-state index contributed by atoms with van der Waals surface area (Å²) < 4.78 is 12.3. The third-order valence-electron chi connectivity index (χ3n) is 5.50. The fraction of sp³-hybridized carbons (Fsp3) is 0.120. The second-order valence-corrected chi connectivity index (χ2v) is 7.57. The first-order valence-electron chi connectivity index (χ1n) is 10.6. The maximum absolute atomic E-state index is 11.8. The number of aromatic amines is 1. The van der Waals surface area contributed by atoms with Crippen molar-refractivity contribution in [1.29, 1.82) is 0 Å². The van der Waals surface area contributed by atoms with Crippen LogP contribution < -0.4 is 10.5 Å². The number of carboxylic acids is 1. The monoisotopic (exact) mass is 456 g/mol. The van der Waals surface area contributed by atoms with E-state index < -0.39 is 11.7 Å². The van der Waals surface area contributed by atoms with Crippen LogP contribution in [0.5, 0.6) is 5.88 Å². The molecule has 0 spiro atoms. The van der Waals surface area contributed by atoms with Crippen LogP contribution in [0.3, 0.4) is 0 Å². The highest BCUT2D eigenvalue weighted by atomic mass is 16.5. The Hall–Kier alpha value is -4.66. The molecule has 5 aromatic rings. The van der Waals surface area contributed by atoms with Crippen LogP contribution in [-0.2, 0) is 6.54 Å². The Balaban J connectivity index is 1.53. The number of carbonyl (C=O) groups is 1.